The summed E-state index contributed by atoms with van der Waals surface area (Å²) in [5, 5.41) is 5.62. The molecule has 0 saturated carbocycles. The lowest BCUT2D eigenvalue weighted by Crippen LogP contribution is -2.17. The predicted octanol–water partition coefficient (Wildman–Crippen LogP) is 4.55. The second kappa shape index (κ2) is 8.29. The van der Waals surface area contributed by atoms with E-state index in [1.807, 2.05) is 39.8 Å². The third-order valence-electron chi connectivity index (χ3n) is 3.78. The van der Waals surface area contributed by atoms with Gasteiger partial charge in [-0.3, -0.25) is 9.59 Å². The van der Waals surface area contributed by atoms with Crippen molar-refractivity contribution in [3.8, 4) is 0 Å². The molecule has 2 aromatic rings. The van der Waals surface area contributed by atoms with Crippen molar-refractivity contribution in [2.45, 2.75) is 27.7 Å². The van der Waals surface area contributed by atoms with Crippen LogP contribution in [0.15, 0.2) is 48.5 Å². The number of amides is 2. The number of carbonyl (C=O) groups is 2. The van der Waals surface area contributed by atoms with E-state index in [1.165, 1.54) is 11.6 Å². The SMILES string of the molecule is Cc1ccc(/C=C/C(=O)Nc2ccc(NC(=O)C(C)C)cc2)c(C)c1. The lowest BCUT2D eigenvalue weighted by molar-refractivity contribution is -0.119. The normalized spacial score (nSPS) is 10.9. The van der Waals surface area contributed by atoms with E-state index in [0.29, 0.717) is 11.4 Å². The maximum atomic E-state index is 12.0. The van der Waals surface area contributed by atoms with Gasteiger partial charge in [0, 0.05) is 23.4 Å². The number of hydrogen-bond donors (Lipinski definition) is 2. The predicted molar refractivity (Wildman–Crippen MR) is 103 cm³/mol. The molecular formula is C21H24N2O2. The molecule has 0 aliphatic heterocycles. The van der Waals surface area contributed by atoms with E-state index in [-0.39, 0.29) is 17.7 Å². The van der Waals surface area contributed by atoms with Crippen molar-refractivity contribution in [3.05, 3.63) is 65.2 Å². The minimum absolute atomic E-state index is 0.0341. The van der Waals surface area contributed by atoms with Crippen molar-refractivity contribution < 1.29 is 9.59 Å². The molecule has 0 radical (unpaired) electrons. The van der Waals surface area contributed by atoms with E-state index in [9.17, 15) is 9.59 Å². The van der Waals surface area contributed by atoms with Gasteiger partial charge < -0.3 is 10.6 Å². The molecular weight excluding hydrogens is 312 g/mol. The van der Waals surface area contributed by atoms with E-state index in [2.05, 4.69) is 16.7 Å². The Bertz CT molecular complexity index is 790. The first-order valence-corrected chi connectivity index (χ1v) is 8.32. The Morgan fingerprint density at radius 1 is 0.920 bits per heavy atom. The van der Waals surface area contributed by atoms with E-state index in [1.54, 1.807) is 30.3 Å². The molecule has 0 saturated heterocycles. The van der Waals surface area contributed by atoms with Crippen molar-refractivity contribution in [1.29, 1.82) is 0 Å². The first kappa shape index (κ1) is 18.5. The van der Waals surface area contributed by atoms with Gasteiger partial charge in [-0.2, -0.15) is 0 Å². The molecule has 0 fully saturated rings. The highest BCUT2D eigenvalue weighted by Crippen LogP contribution is 2.15. The zero-order valence-electron chi connectivity index (χ0n) is 15.1. The molecule has 2 amide bonds. The van der Waals surface area contributed by atoms with Crippen molar-refractivity contribution >= 4 is 29.3 Å². The quantitative estimate of drug-likeness (QED) is 0.787. The summed E-state index contributed by atoms with van der Waals surface area (Å²) in [7, 11) is 0. The Morgan fingerprint density at radius 3 is 2.08 bits per heavy atom. The molecule has 4 heteroatoms. The van der Waals surface area contributed by atoms with Gasteiger partial charge in [-0.15, -0.1) is 0 Å². The van der Waals surface area contributed by atoms with Gasteiger partial charge in [-0.1, -0.05) is 37.6 Å². The van der Waals surface area contributed by atoms with Crippen molar-refractivity contribution in [2.24, 2.45) is 5.92 Å². The Morgan fingerprint density at radius 2 is 1.52 bits per heavy atom. The largest absolute Gasteiger partial charge is 0.326 e. The molecule has 0 bridgehead atoms. The molecule has 0 aliphatic rings. The standard InChI is InChI=1S/C21H24N2O2/c1-14(2)21(25)23-19-10-8-18(9-11-19)22-20(24)12-7-17-6-5-15(3)13-16(17)4/h5-14H,1-4H3,(H,22,24)(H,23,25)/b12-7+. The molecule has 130 valence electrons. The highest BCUT2D eigenvalue weighted by molar-refractivity contribution is 6.02. The zero-order valence-corrected chi connectivity index (χ0v) is 15.1. The Hall–Kier alpha value is -2.88. The van der Waals surface area contributed by atoms with Gasteiger partial charge in [-0.05, 0) is 55.3 Å². The first-order chi connectivity index (χ1) is 11.8. The maximum absolute atomic E-state index is 12.0. The Labute approximate surface area is 149 Å². The number of anilines is 2. The maximum Gasteiger partial charge on any atom is 0.248 e. The van der Waals surface area contributed by atoms with Crippen LogP contribution in [0.4, 0.5) is 11.4 Å². The number of hydrogen-bond acceptors (Lipinski definition) is 2. The highest BCUT2D eigenvalue weighted by Gasteiger charge is 2.07. The average molecular weight is 336 g/mol. The molecule has 25 heavy (non-hydrogen) atoms. The summed E-state index contributed by atoms with van der Waals surface area (Å²) in [4.78, 5) is 23.7. The average Bonchev–Trinajstić information content (AvgIpc) is 2.55. The lowest BCUT2D eigenvalue weighted by Gasteiger charge is -2.08. The van der Waals surface area contributed by atoms with Gasteiger partial charge >= 0.3 is 0 Å². The lowest BCUT2D eigenvalue weighted by atomic mass is 10.1. The Balaban J connectivity index is 1.96. The number of aryl methyl sites for hydroxylation is 2. The molecule has 0 heterocycles. The summed E-state index contributed by atoms with van der Waals surface area (Å²) < 4.78 is 0. The van der Waals surface area contributed by atoms with Gasteiger partial charge in [0.1, 0.15) is 0 Å². The fourth-order valence-corrected chi connectivity index (χ4v) is 2.29. The molecule has 4 nitrogen and oxygen atoms in total. The van der Waals surface area contributed by atoms with Crippen LogP contribution in [0.3, 0.4) is 0 Å². The minimum atomic E-state index is -0.195. The second-order valence-electron chi connectivity index (χ2n) is 6.40. The fourth-order valence-electron chi connectivity index (χ4n) is 2.29. The van der Waals surface area contributed by atoms with Crippen LogP contribution in [-0.2, 0) is 9.59 Å². The van der Waals surface area contributed by atoms with E-state index in [4.69, 9.17) is 0 Å². The molecule has 0 aromatic heterocycles. The monoisotopic (exact) mass is 336 g/mol. The summed E-state index contributed by atoms with van der Waals surface area (Å²) in [5.41, 5.74) is 4.74. The molecule has 2 rings (SSSR count). The van der Waals surface area contributed by atoms with Gasteiger partial charge in [0.15, 0.2) is 0 Å². The smallest absolute Gasteiger partial charge is 0.248 e. The van der Waals surface area contributed by atoms with Crippen LogP contribution in [-0.4, -0.2) is 11.8 Å². The van der Waals surface area contributed by atoms with Gasteiger partial charge in [-0.25, -0.2) is 0 Å². The number of carbonyl (C=O) groups excluding carboxylic acids is 2. The minimum Gasteiger partial charge on any atom is -0.326 e. The van der Waals surface area contributed by atoms with Gasteiger partial charge in [0.2, 0.25) is 11.8 Å². The van der Waals surface area contributed by atoms with Crippen LogP contribution in [0.25, 0.3) is 6.08 Å². The molecule has 0 atom stereocenters. The van der Waals surface area contributed by atoms with E-state index >= 15 is 0 Å². The summed E-state index contributed by atoms with van der Waals surface area (Å²) in [5.74, 6) is -0.304. The fraction of sp³-hybridized carbons (Fsp3) is 0.238. The zero-order chi connectivity index (χ0) is 18.4. The third-order valence-corrected chi connectivity index (χ3v) is 3.78. The molecule has 0 spiro atoms. The van der Waals surface area contributed by atoms with Crippen LogP contribution in [0, 0.1) is 19.8 Å². The number of benzene rings is 2. The van der Waals surface area contributed by atoms with E-state index < -0.39 is 0 Å². The summed E-state index contributed by atoms with van der Waals surface area (Å²) in [6, 6.07) is 13.2. The van der Waals surface area contributed by atoms with Crippen LogP contribution >= 0.6 is 0 Å². The van der Waals surface area contributed by atoms with Gasteiger partial charge in [0.25, 0.3) is 0 Å². The third kappa shape index (κ3) is 5.60. The highest BCUT2D eigenvalue weighted by atomic mass is 16.2. The van der Waals surface area contributed by atoms with Gasteiger partial charge in [0.05, 0.1) is 0 Å². The van der Waals surface area contributed by atoms with Crippen LogP contribution in [0.2, 0.25) is 0 Å². The molecule has 0 unspecified atom stereocenters. The number of nitrogens with one attached hydrogen (secondary N) is 2. The Kier molecular flexibility index (Phi) is 6.12. The van der Waals surface area contributed by atoms with E-state index in [0.717, 1.165) is 11.1 Å². The van der Waals surface area contributed by atoms with Crippen molar-refractivity contribution in [2.75, 3.05) is 10.6 Å². The van der Waals surface area contributed by atoms with Crippen LogP contribution in [0.1, 0.15) is 30.5 Å². The summed E-state index contributed by atoms with van der Waals surface area (Å²) in [6.45, 7) is 7.74. The topological polar surface area (TPSA) is 58.2 Å². The molecule has 2 N–H and O–H groups in total. The summed E-state index contributed by atoms with van der Waals surface area (Å²) in [6.07, 6.45) is 3.33. The van der Waals surface area contributed by atoms with Crippen molar-refractivity contribution in [3.63, 3.8) is 0 Å². The van der Waals surface area contributed by atoms with Crippen molar-refractivity contribution in [1.82, 2.24) is 0 Å². The van der Waals surface area contributed by atoms with Crippen LogP contribution < -0.4 is 10.6 Å². The molecule has 0 aliphatic carbocycles. The van der Waals surface area contributed by atoms with Crippen LogP contribution in [0.5, 0.6) is 0 Å². The molecule has 2 aromatic carbocycles. The second-order valence-corrected chi connectivity index (χ2v) is 6.40. The number of rotatable bonds is 5. The first-order valence-electron chi connectivity index (χ1n) is 8.32. The summed E-state index contributed by atoms with van der Waals surface area (Å²) >= 11 is 0.